The maximum Gasteiger partial charge on any atom is 0.266 e. The largest absolute Gasteiger partial charge is 0.482 e. The molecule has 0 radical (unpaired) electrons. The molecule has 0 aliphatic carbocycles. The Hall–Kier alpha value is -3.62. The fraction of sp³-hybridized carbons (Fsp3) is 0.263. The van der Waals surface area contributed by atoms with Crippen molar-refractivity contribution in [2.24, 2.45) is 0 Å². The van der Waals surface area contributed by atoms with Crippen LogP contribution in [0.2, 0.25) is 0 Å². The second-order valence-corrected chi connectivity index (χ2v) is 6.30. The number of nitrogens with zero attached hydrogens (tertiary/aromatic N) is 4. The summed E-state index contributed by atoms with van der Waals surface area (Å²) in [4.78, 5) is 24.5. The van der Waals surface area contributed by atoms with Gasteiger partial charge in [0.15, 0.2) is 17.3 Å². The number of amides is 1. The van der Waals surface area contributed by atoms with Crippen molar-refractivity contribution in [2.75, 3.05) is 6.54 Å². The number of rotatable bonds is 5. The first-order chi connectivity index (χ1) is 13.6. The third-order valence-corrected chi connectivity index (χ3v) is 4.32. The van der Waals surface area contributed by atoms with Crippen molar-refractivity contribution in [3.05, 3.63) is 65.2 Å². The smallest absolute Gasteiger partial charge is 0.266 e. The minimum Gasteiger partial charge on any atom is -0.482 e. The molecule has 144 valence electrons. The molecule has 2 aromatic heterocycles. The molecule has 1 aliphatic rings. The molecule has 3 aromatic rings. The van der Waals surface area contributed by atoms with Crippen LogP contribution in [0.4, 0.5) is 0 Å². The van der Waals surface area contributed by atoms with Gasteiger partial charge in [0, 0.05) is 25.0 Å². The number of fused-ring (bicyclic) bond motifs is 1. The van der Waals surface area contributed by atoms with E-state index in [0.29, 0.717) is 17.3 Å². The average Bonchev–Trinajstić information content (AvgIpc) is 3.23. The summed E-state index contributed by atoms with van der Waals surface area (Å²) in [6.45, 7) is 2.22. The van der Waals surface area contributed by atoms with Gasteiger partial charge in [0.05, 0.1) is 6.54 Å². The SMILES string of the molecule is CC1Oc2ccccc2OC1C(=O)NCCn1nc(-n2cccn2)ccc1=O. The Morgan fingerprint density at radius 2 is 1.93 bits per heavy atom. The van der Waals surface area contributed by atoms with E-state index in [-0.39, 0.29) is 24.6 Å². The van der Waals surface area contributed by atoms with Gasteiger partial charge in [-0.05, 0) is 31.2 Å². The van der Waals surface area contributed by atoms with Crippen molar-refractivity contribution in [3.63, 3.8) is 0 Å². The van der Waals surface area contributed by atoms with Crippen LogP contribution in [0.25, 0.3) is 5.82 Å². The fourth-order valence-corrected chi connectivity index (χ4v) is 2.92. The maximum absolute atomic E-state index is 12.5. The zero-order valence-corrected chi connectivity index (χ0v) is 15.2. The van der Waals surface area contributed by atoms with Crippen LogP contribution in [0.5, 0.6) is 11.5 Å². The summed E-state index contributed by atoms with van der Waals surface area (Å²) in [6, 6.07) is 12.0. The fourth-order valence-electron chi connectivity index (χ4n) is 2.92. The Labute approximate surface area is 160 Å². The highest BCUT2D eigenvalue weighted by Crippen LogP contribution is 2.33. The van der Waals surface area contributed by atoms with Gasteiger partial charge in [0.2, 0.25) is 6.10 Å². The highest BCUT2D eigenvalue weighted by molar-refractivity contribution is 5.82. The van der Waals surface area contributed by atoms with Crippen LogP contribution in [0, 0.1) is 0 Å². The Bertz CT molecular complexity index is 1030. The van der Waals surface area contributed by atoms with Crippen LogP contribution in [0.3, 0.4) is 0 Å². The van der Waals surface area contributed by atoms with E-state index in [1.807, 2.05) is 12.1 Å². The van der Waals surface area contributed by atoms with E-state index >= 15 is 0 Å². The van der Waals surface area contributed by atoms with Crippen LogP contribution < -0.4 is 20.3 Å². The maximum atomic E-state index is 12.5. The number of aromatic nitrogens is 4. The lowest BCUT2D eigenvalue weighted by atomic mass is 10.1. The summed E-state index contributed by atoms with van der Waals surface area (Å²) in [6.07, 6.45) is 2.16. The summed E-state index contributed by atoms with van der Waals surface area (Å²) >= 11 is 0. The minimum absolute atomic E-state index is 0.220. The highest BCUT2D eigenvalue weighted by atomic mass is 16.6. The lowest BCUT2D eigenvalue weighted by molar-refractivity contribution is -0.133. The van der Waals surface area contributed by atoms with Crippen molar-refractivity contribution < 1.29 is 14.3 Å². The quantitative estimate of drug-likeness (QED) is 0.701. The normalized spacial score (nSPS) is 17.9. The molecule has 1 aliphatic heterocycles. The minimum atomic E-state index is -0.769. The Balaban J connectivity index is 1.38. The molecular formula is C19H19N5O4. The Kier molecular flexibility index (Phi) is 4.79. The van der Waals surface area contributed by atoms with Crippen molar-refractivity contribution in [1.29, 1.82) is 0 Å². The Morgan fingerprint density at radius 1 is 1.14 bits per heavy atom. The molecule has 2 atom stereocenters. The second kappa shape index (κ2) is 7.55. The first-order valence-corrected chi connectivity index (χ1v) is 8.90. The predicted octanol–water partition coefficient (Wildman–Crippen LogP) is 0.774. The van der Waals surface area contributed by atoms with Crippen LogP contribution in [0.15, 0.2) is 59.7 Å². The summed E-state index contributed by atoms with van der Waals surface area (Å²) in [7, 11) is 0. The molecule has 0 saturated carbocycles. The number of nitrogens with one attached hydrogen (secondary N) is 1. The monoisotopic (exact) mass is 381 g/mol. The number of para-hydroxylation sites is 2. The first kappa shape index (κ1) is 17.8. The van der Waals surface area contributed by atoms with E-state index in [0.717, 1.165) is 0 Å². The zero-order valence-electron chi connectivity index (χ0n) is 15.2. The molecule has 28 heavy (non-hydrogen) atoms. The molecule has 0 saturated heterocycles. The van der Waals surface area contributed by atoms with Gasteiger partial charge in [0.1, 0.15) is 6.10 Å². The lowest BCUT2D eigenvalue weighted by Crippen LogP contribution is -2.49. The average molecular weight is 381 g/mol. The van der Waals surface area contributed by atoms with E-state index in [2.05, 4.69) is 15.5 Å². The molecule has 9 heteroatoms. The van der Waals surface area contributed by atoms with Crippen molar-refractivity contribution in [3.8, 4) is 17.3 Å². The molecule has 1 amide bonds. The standard InChI is InChI=1S/C19H19N5O4/c1-13-18(28-15-6-3-2-5-14(15)27-13)19(26)20-10-12-24-17(25)8-7-16(22-24)23-11-4-9-21-23/h2-9,11,13,18H,10,12H2,1H3,(H,20,26). The van der Waals surface area contributed by atoms with Crippen LogP contribution in [-0.4, -0.2) is 44.2 Å². The second-order valence-electron chi connectivity index (χ2n) is 6.30. The van der Waals surface area contributed by atoms with Crippen LogP contribution in [0.1, 0.15) is 6.92 Å². The molecule has 1 N–H and O–H groups in total. The topological polar surface area (TPSA) is 100 Å². The third-order valence-electron chi connectivity index (χ3n) is 4.32. The lowest BCUT2D eigenvalue weighted by Gasteiger charge is -2.31. The zero-order chi connectivity index (χ0) is 19.5. The molecule has 1 aromatic carbocycles. The van der Waals surface area contributed by atoms with Crippen molar-refractivity contribution in [1.82, 2.24) is 24.9 Å². The first-order valence-electron chi connectivity index (χ1n) is 8.90. The van der Waals surface area contributed by atoms with Gasteiger partial charge in [-0.15, -0.1) is 5.10 Å². The summed E-state index contributed by atoms with van der Waals surface area (Å²) < 4.78 is 14.4. The van der Waals surface area contributed by atoms with Gasteiger partial charge in [-0.2, -0.15) is 5.10 Å². The highest BCUT2D eigenvalue weighted by Gasteiger charge is 2.33. The van der Waals surface area contributed by atoms with Crippen LogP contribution in [-0.2, 0) is 11.3 Å². The molecular weight excluding hydrogens is 362 g/mol. The number of carbonyl (C=O) groups is 1. The molecule has 4 rings (SSSR count). The summed E-state index contributed by atoms with van der Waals surface area (Å²) in [5.41, 5.74) is -0.260. The van der Waals surface area contributed by atoms with Gasteiger partial charge in [-0.1, -0.05) is 12.1 Å². The van der Waals surface area contributed by atoms with Gasteiger partial charge in [-0.3, -0.25) is 9.59 Å². The Morgan fingerprint density at radius 3 is 2.68 bits per heavy atom. The van der Waals surface area contributed by atoms with Gasteiger partial charge >= 0.3 is 0 Å². The van der Waals surface area contributed by atoms with E-state index < -0.39 is 12.2 Å². The molecule has 0 bridgehead atoms. The molecule has 2 unspecified atom stereocenters. The predicted molar refractivity (Wildman–Crippen MR) is 99.6 cm³/mol. The van der Waals surface area contributed by atoms with E-state index in [4.69, 9.17) is 9.47 Å². The number of carbonyl (C=O) groups excluding carboxylic acids is 1. The molecule has 0 spiro atoms. The van der Waals surface area contributed by atoms with E-state index in [1.54, 1.807) is 48.3 Å². The van der Waals surface area contributed by atoms with Crippen molar-refractivity contribution in [2.45, 2.75) is 25.7 Å². The van der Waals surface area contributed by atoms with Gasteiger partial charge in [-0.25, -0.2) is 9.36 Å². The summed E-state index contributed by atoms with van der Waals surface area (Å²) in [5, 5.41) is 11.1. The molecule has 9 nitrogen and oxygen atoms in total. The number of benzene rings is 1. The molecule has 0 fully saturated rings. The third kappa shape index (κ3) is 3.59. The molecule has 3 heterocycles. The number of hydrogen-bond donors (Lipinski definition) is 1. The van der Waals surface area contributed by atoms with Crippen LogP contribution >= 0.6 is 0 Å². The van der Waals surface area contributed by atoms with Gasteiger partial charge in [0.25, 0.3) is 11.5 Å². The summed E-state index contributed by atoms with van der Waals surface area (Å²) in [5.74, 6) is 1.36. The van der Waals surface area contributed by atoms with E-state index in [1.165, 1.54) is 10.7 Å². The number of hydrogen-bond acceptors (Lipinski definition) is 6. The van der Waals surface area contributed by atoms with Crippen molar-refractivity contribution >= 4 is 5.91 Å². The van der Waals surface area contributed by atoms with Gasteiger partial charge < -0.3 is 14.8 Å². The number of ether oxygens (including phenoxy) is 2. The van der Waals surface area contributed by atoms with E-state index in [9.17, 15) is 9.59 Å².